The first-order valence-electron chi connectivity index (χ1n) is 10.0. The van der Waals surface area contributed by atoms with Gasteiger partial charge in [0.15, 0.2) is 0 Å². The first-order chi connectivity index (χ1) is 13.4. The van der Waals surface area contributed by atoms with Crippen LogP contribution in [0.3, 0.4) is 0 Å². The molecule has 1 aliphatic heterocycles. The zero-order valence-electron chi connectivity index (χ0n) is 16.3. The van der Waals surface area contributed by atoms with Gasteiger partial charge in [-0.3, -0.25) is 9.59 Å². The third-order valence-electron chi connectivity index (χ3n) is 5.59. The summed E-state index contributed by atoms with van der Waals surface area (Å²) in [5, 5.41) is 5.74. The molecule has 2 fully saturated rings. The lowest BCUT2D eigenvalue weighted by atomic mass is 9.98. The number of carbonyl (C=O) groups is 2. The smallest absolute Gasteiger partial charge is 0.243 e. The quantitative estimate of drug-likeness (QED) is 0.750. The van der Waals surface area contributed by atoms with Gasteiger partial charge in [-0.2, -0.15) is 4.31 Å². The van der Waals surface area contributed by atoms with E-state index < -0.39 is 22.0 Å². The van der Waals surface area contributed by atoms with Crippen molar-refractivity contribution < 1.29 is 18.0 Å². The normalized spacial score (nSPS) is 22.5. The van der Waals surface area contributed by atoms with Gasteiger partial charge in [0.25, 0.3) is 0 Å². The maximum Gasteiger partial charge on any atom is 0.243 e. The van der Waals surface area contributed by atoms with Crippen LogP contribution >= 0.6 is 0 Å². The Bertz CT molecular complexity index is 791. The Morgan fingerprint density at radius 2 is 1.75 bits per heavy atom. The zero-order valence-corrected chi connectivity index (χ0v) is 17.1. The van der Waals surface area contributed by atoms with Crippen molar-refractivity contribution in [1.29, 1.82) is 0 Å². The molecule has 0 spiro atoms. The summed E-state index contributed by atoms with van der Waals surface area (Å²) in [6, 6.07) is 7.84. The van der Waals surface area contributed by atoms with E-state index in [4.69, 9.17) is 0 Å². The molecule has 154 valence electrons. The molecule has 1 aromatic carbocycles. The zero-order chi connectivity index (χ0) is 20.1. The van der Waals surface area contributed by atoms with Crippen LogP contribution in [0.15, 0.2) is 35.2 Å². The van der Waals surface area contributed by atoms with Gasteiger partial charge >= 0.3 is 0 Å². The summed E-state index contributed by atoms with van der Waals surface area (Å²) < 4.78 is 27.0. The van der Waals surface area contributed by atoms with Crippen molar-refractivity contribution in [3.05, 3.63) is 30.3 Å². The van der Waals surface area contributed by atoms with E-state index in [0.717, 1.165) is 25.7 Å². The highest BCUT2D eigenvalue weighted by atomic mass is 32.2. The van der Waals surface area contributed by atoms with Crippen LogP contribution in [-0.4, -0.2) is 49.7 Å². The molecule has 7 nitrogen and oxygen atoms in total. The number of hydrogen-bond donors (Lipinski definition) is 2. The minimum Gasteiger partial charge on any atom is -0.352 e. The van der Waals surface area contributed by atoms with Crippen LogP contribution in [0.4, 0.5) is 0 Å². The number of sulfonamides is 1. The van der Waals surface area contributed by atoms with E-state index >= 15 is 0 Å². The highest BCUT2D eigenvalue weighted by molar-refractivity contribution is 7.89. The van der Waals surface area contributed by atoms with Gasteiger partial charge in [0.2, 0.25) is 21.8 Å². The van der Waals surface area contributed by atoms with Crippen LogP contribution in [0, 0.1) is 5.92 Å². The largest absolute Gasteiger partial charge is 0.352 e. The summed E-state index contributed by atoms with van der Waals surface area (Å²) in [4.78, 5) is 25.2. The van der Waals surface area contributed by atoms with Crippen molar-refractivity contribution >= 4 is 21.8 Å². The second-order valence-corrected chi connectivity index (χ2v) is 9.67. The number of piperidine rings is 1. The van der Waals surface area contributed by atoms with Gasteiger partial charge in [-0.05, 0) is 44.7 Å². The average Bonchev–Trinajstić information content (AvgIpc) is 3.21. The van der Waals surface area contributed by atoms with E-state index in [1.807, 2.05) is 0 Å². The third-order valence-corrected chi connectivity index (χ3v) is 7.47. The molecule has 1 aliphatic carbocycles. The molecule has 1 heterocycles. The number of benzene rings is 1. The lowest BCUT2D eigenvalue weighted by molar-refractivity contribution is -0.131. The van der Waals surface area contributed by atoms with E-state index in [-0.39, 0.29) is 29.3 Å². The molecule has 28 heavy (non-hydrogen) atoms. The SMILES string of the molecule is C[C@H](NC(=O)[C@@H]1CCCN(S(=O)(=O)c2ccccc2)C1)C(=O)NC1CCCC1. The second-order valence-electron chi connectivity index (χ2n) is 7.74. The highest BCUT2D eigenvalue weighted by Gasteiger charge is 2.34. The summed E-state index contributed by atoms with van der Waals surface area (Å²) in [5.74, 6) is -0.888. The van der Waals surface area contributed by atoms with Crippen LogP contribution in [-0.2, 0) is 19.6 Å². The van der Waals surface area contributed by atoms with Crippen LogP contribution < -0.4 is 10.6 Å². The topological polar surface area (TPSA) is 95.6 Å². The lowest BCUT2D eigenvalue weighted by Gasteiger charge is -2.31. The van der Waals surface area contributed by atoms with E-state index in [9.17, 15) is 18.0 Å². The molecule has 2 atom stereocenters. The molecule has 1 saturated heterocycles. The molecule has 2 aliphatic rings. The second kappa shape index (κ2) is 9.05. The minimum absolute atomic E-state index is 0.139. The molecule has 1 aromatic rings. The summed E-state index contributed by atoms with van der Waals surface area (Å²) in [5.41, 5.74) is 0. The highest BCUT2D eigenvalue weighted by Crippen LogP contribution is 2.24. The Hall–Kier alpha value is -1.93. The summed E-state index contributed by atoms with van der Waals surface area (Å²) in [6.45, 7) is 2.21. The summed E-state index contributed by atoms with van der Waals surface area (Å²) >= 11 is 0. The monoisotopic (exact) mass is 407 g/mol. The maximum atomic E-state index is 12.8. The van der Waals surface area contributed by atoms with Gasteiger partial charge in [0.05, 0.1) is 10.8 Å². The molecule has 0 radical (unpaired) electrons. The number of hydrogen-bond acceptors (Lipinski definition) is 4. The van der Waals surface area contributed by atoms with Gasteiger partial charge in [-0.15, -0.1) is 0 Å². The third kappa shape index (κ3) is 4.91. The number of nitrogens with zero attached hydrogens (tertiary/aromatic N) is 1. The Morgan fingerprint density at radius 1 is 1.07 bits per heavy atom. The number of carbonyl (C=O) groups excluding carboxylic acids is 2. The Balaban J connectivity index is 1.57. The molecular formula is C20H29N3O4S. The molecule has 0 unspecified atom stereocenters. The molecule has 8 heteroatoms. The molecule has 1 saturated carbocycles. The van der Waals surface area contributed by atoms with E-state index in [1.54, 1.807) is 37.3 Å². The molecule has 3 rings (SSSR count). The number of rotatable bonds is 6. The molecular weight excluding hydrogens is 378 g/mol. The van der Waals surface area contributed by atoms with E-state index in [0.29, 0.717) is 19.4 Å². The Labute approximate surface area is 166 Å². The van der Waals surface area contributed by atoms with E-state index in [2.05, 4.69) is 10.6 Å². The fraction of sp³-hybridized carbons (Fsp3) is 0.600. The molecule has 0 aromatic heterocycles. The van der Waals surface area contributed by atoms with Crippen LogP contribution in [0.25, 0.3) is 0 Å². The van der Waals surface area contributed by atoms with Crippen molar-refractivity contribution in [2.75, 3.05) is 13.1 Å². The van der Waals surface area contributed by atoms with Crippen molar-refractivity contribution in [2.24, 2.45) is 5.92 Å². The van der Waals surface area contributed by atoms with Crippen LogP contribution in [0.1, 0.15) is 45.4 Å². The molecule has 2 amide bonds. The first-order valence-corrected chi connectivity index (χ1v) is 11.5. The van der Waals surface area contributed by atoms with Gasteiger partial charge < -0.3 is 10.6 Å². The van der Waals surface area contributed by atoms with Gasteiger partial charge in [0, 0.05) is 19.1 Å². The standard InChI is InChI=1S/C20H29N3O4S/c1-15(19(24)22-17-9-5-6-10-17)21-20(25)16-8-7-13-23(14-16)28(26,27)18-11-3-2-4-12-18/h2-4,11-12,15-17H,5-10,13-14H2,1H3,(H,21,25)(H,22,24)/t15-,16+/m0/s1. The fourth-order valence-corrected chi connectivity index (χ4v) is 5.45. The lowest BCUT2D eigenvalue weighted by Crippen LogP contribution is -2.51. The number of nitrogens with one attached hydrogen (secondary N) is 2. The van der Waals surface area contributed by atoms with Crippen LogP contribution in [0.2, 0.25) is 0 Å². The van der Waals surface area contributed by atoms with Crippen molar-refractivity contribution in [3.63, 3.8) is 0 Å². The predicted octanol–water partition coefficient (Wildman–Crippen LogP) is 1.65. The fourth-order valence-electron chi connectivity index (χ4n) is 3.91. The van der Waals surface area contributed by atoms with Crippen molar-refractivity contribution in [3.8, 4) is 0 Å². The van der Waals surface area contributed by atoms with Crippen molar-refractivity contribution in [1.82, 2.24) is 14.9 Å². The van der Waals surface area contributed by atoms with Crippen molar-refractivity contribution in [2.45, 2.75) is 62.4 Å². The molecule has 2 N–H and O–H groups in total. The first kappa shape index (κ1) is 20.8. The number of amides is 2. The summed E-state index contributed by atoms with van der Waals surface area (Å²) in [7, 11) is -3.61. The maximum absolute atomic E-state index is 12.8. The van der Waals surface area contributed by atoms with Gasteiger partial charge in [-0.1, -0.05) is 31.0 Å². The Morgan fingerprint density at radius 3 is 2.43 bits per heavy atom. The predicted molar refractivity (Wildman–Crippen MR) is 106 cm³/mol. The molecule has 0 bridgehead atoms. The van der Waals surface area contributed by atoms with Crippen LogP contribution in [0.5, 0.6) is 0 Å². The summed E-state index contributed by atoms with van der Waals surface area (Å²) in [6.07, 6.45) is 5.46. The Kier molecular flexibility index (Phi) is 6.72. The van der Waals surface area contributed by atoms with E-state index in [1.165, 1.54) is 4.31 Å². The van der Waals surface area contributed by atoms with Gasteiger partial charge in [0.1, 0.15) is 6.04 Å². The average molecular weight is 408 g/mol. The minimum atomic E-state index is -3.61. The van der Waals surface area contributed by atoms with Gasteiger partial charge in [-0.25, -0.2) is 8.42 Å².